The van der Waals surface area contributed by atoms with Crippen molar-refractivity contribution in [2.24, 2.45) is 5.73 Å². The molecule has 2 aliphatic heterocycles. The van der Waals surface area contributed by atoms with E-state index < -0.39 is 6.04 Å². The molecule has 3 aromatic rings. The molecule has 0 saturated heterocycles. The van der Waals surface area contributed by atoms with Crippen LogP contribution in [0.2, 0.25) is 0 Å². The molecule has 30 heavy (non-hydrogen) atoms. The van der Waals surface area contributed by atoms with Crippen LogP contribution >= 0.6 is 22.7 Å². The fourth-order valence-electron chi connectivity index (χ4n) is 4.63. The molecule has 0 saturated carbocycles. The third-order valence-electron chi connectivity index (χ3n) is 6.11. The zero-order valence-electron chi connectivity index (χ0n) is 16.5. The summed E-state index contributed by atoms with van der Waals surface area (Å²) in [6, 6.07) is 13.9. The van der Waals surface area contributed by atoms with E-state index in [1.54, 1.807) is 22.7 Å². The summed E-state index contributed by atoms with van der Waals surface area (Å²) in [5.74, 6) is -0.318. The Morgan fingerprint density at radius 1 is 1.03 bits per heavy atom. The lowest BCUT2D eigenvalue weighted by Gasteiger charge is -2.39. The van der Waals surface area contributed by atoms with Gasteiger partial charge in [0.05, 0.1) is 18.6 Å². The molecule has 0 aliphatic carbocycles. The minimum Gasteiger partial charge on any atom is -0.368 e. The highest BCUT2D eigenvalue weighted by molar-refractivity contribution is 7.10. The zero-order chi connectivity index (χ0) is 20.7. The van der Waals surface area contributed by atoms with Gasteiger partial charge in [0.15, 0.2) is 0 Å². The van der Waals surface area contributed by atoms with Gasteiger partial charge >= 0.3 is 0 Å². The molecule has 4 heterocycles. The summed E-state index contributed by atoms with van der Waals surface area (Å²) >= 11 is 3.45. The number of benzene rings is 1. The summed E-state index contributed by atoms with van der Waals surface area (Å²) in [5.41, 5.74) is 9.26. The van der Waals surface area contributed by atoms with Gasteiger partial charge in [-0.05, 0) is 52.4 Å². The Labute approximate surface area is 183 Å². The Hall–Kier alpha value is -2.48. The number of carbonyl (C=O) groups is 2. The minimum absolute atomic E-state index is 0.0448. The first kappa shape index (κ1) is 19.5. The van der Waals surface area contributed by atoms with E-state index in [4.69, 9.17) is 5.73 Å². The van der Waals surface area contributed by atoms with Gasteiger partial charge in [-0.15, -0.1) is 22.7 Å². The first-order valence-electron chi connectivity index (χ1n) is 10.1. The second kappa shape index (κ2) is 7.98. The molecule has 0 bridgehead atoms. The van der Waals surface area contributed by atoms with Crippen LogP contribution < -0.4 is 5.73 Å². The van der Waals surface area contributed by atoms with Gasteiger partial charge in [-0.3, -0.25) is 14.5 Å². The van der Waals surface area contributed by atoms with Crippen molar-refractivity contribution in [1.82, 2.24) is 9.80 Å². The third-order valence-corrected chi connectivity index (χ3v) is 8.03. The fourth-order valence-corrected chi connectivity index (χ4v) is 6.39. The summed E-state index contributed by atoms with van der Waals surface area (Å²) in [5, 5.41) is 4.17. The number of carbonyl (C=O) groups excluding carboxylic acids is 2. The highest BCUT2D eigenvalue weighted by Gasteiger charge is 2.37. The first-order valence-corrected chi connectivity index (χ1v) is 11.9. The van der Waals surface area contributed by atoms with Crippen molar-refractivity contribution in [3.8, 4) is 0 Å². The first-order chi connectivity index (χ1) is 14.6. The number of hydrogen-bond donors (Lipinski definition) is 1. The molecular weight excluding hydrogens is 414 g/mol. The van der Waals surface area contributed by atoms with Gasteiger partial charge in [0.1, 0.15) is 0 Å². The average Bonchev–Trinajstić information content (AvgIpc) is 3.44. The van der Waals surface area contributed by atoms with Crippen molar-refractivity contribution in [3.05, 3.63) is 79.7 Å². The number of rotatable bonds is 4. The molecule has 2 aliphatic rings. The molecule has 0 radical (unpaired) electrons. The largest absolute Gasteiger partial charge is 0.368 e. The van der Waals surface area contributed by atoms with Gasteiger partial charge in [-0.1, -0.05) is 30.3 Å². The van der Waals surface area contributed by atoms with Crippen LogP contribution in [0.1, 0.15) is 32.5 Å². The highest BCUT2D eigenvalue weighted by atomic mass is 32.1. The minimum atomic E-state index is -0.453. The molecule has 2 aromatic heterocycles. The van der Waals surface area contributed by atoms with Crippen LogP contribution in [0.5, 0.6) is 0 Å². The Morgan fingerprint density at radius 3 is 2.63 bits per heavy atom. The Balaban J connectivity index is 1.42. The maximum atomic E-state index is 13.5. The zero-order valence-corrected chi connectivity index (χ0v) is 18.1. The van der Waals surface area contributed by atoms with E-state index in [2.05, 4.69) is 29.0 Å². The molecule has 154 valence electrons. The molecule has 5 rings (SSSR count). The van der Waals surface area contributed by atoms with Crippen LogP contribution in [0.25, 0.3) is 0 Å². The lowest BCUT2D eigenvalue weighted by molar-refractivity contribution is -0.136. The summed E-state index contributed by atoms with van der Waals surface area (Å²) < 4.78 is 0. The van der Waals surface area contributed by atoms with Gasteiger partial charge in [-0.25, -0.2) is 0 Å². The van der Waals surface area contributed by atoms with Crippen molar-refractivity contribution < 1.29 is 9.59 Å². The maximum absolute atomic E-state index is 13.5. The topological polar surface area (TPSA) is 66.6 Å². The predicted octanol–water partition coefficient (Wildman–Crippen LogP) is 3.20. The van der Waals surface area contributed by atoms with Gasteiger partial charge in [0, 0.05) is 22.8 Å². The lowest BCUT2D eigenvalue weighted by Crippen LogP contribution is -2.53. The van der Waals surface area contributed by atoms with E-state index in [0.717, 1.165) is 17.5 Å². The van der Waals surface area contributed by atoms with E-state index in [1.807, 2.05) is 34.1 Å². The number of hydrogen-bond acceptors (Lipinski definition) is 5. The molecule has 0 spiro atoms. The van der Waals surface area contributed by atoms with Crippen molar-refractivity contribution in [2.75, 3.05) is 13.1 Å². The number of fused-ring (bicyclic) bond motifs is 2. The quantitative estimate of drug-likeness (QED) is 0.682. The van der Waals surface area contributed by atoms with Crippen LogP contribution in [-0.2, 0) is 29.0 Å². The summed E-state index contributed by atoms with van der Waals surface area (Å²) in [4.78, 5) is 32.2. The molecule has 2 N–H and O–H groups in total. The summed E-state index contributed by atoms with van der Waals surface area (Å²) in [6.45, 7) is 1.46. The second-order valence-electron chi connectivity index (χ2n) is 7.85. The van der Waals surface area contributed by atoms with Gasteiger partial charge in [0.25, 0.3) is 0 Å². The number of primary amides is 1. The van der Waals surface area contributed by atoms with Crippen molar-refractivity contribution >= 4 is 34.5 Å². The number of nitrogens with zero attached hydrogens (tertiary/aromatic N) is 2. The molecular formula is C23H23N3O2S2. The smallest absolute Gasteiger partial charge is 0.237 e. The molecule has 2 amide bonds. The van der Waals surface area contributed by atoms with Gasteiger partial charge < -0.3 is 10.6 Å². The Bertz CT molecular complexity index is 1080. The predicted molar refractivity (Wildman–Crippen MR) is 119 cm³/mol. The molecule has 1 aromatic carbocycles. The fraction of sp³-hybridized carbons (Fsp3) is 0.304. The van der Waals surface area contributed by atoms with Crippen molar-refractivity contribution in [2.45, 2.75) is 31.5 Å². The molecule has 0 unspecified atom stereocenters. The monoisotopic (exact) mass is 437 g/mol. The Kier molecular flexibility index (Phi) is 5.18. The normalized spacial score (nSPS) is 21.1. The standard InChI is InChI=1S/C23H23N3O2S2/c24-23(28)18-12-15-4-1-2-5-16(15)13-25(18)14-21(27)26-9-7-19-17(8-11-30-19)22(26)20-6-3-10-29-20/h1-6,8,10-11,18,22H,7,9,12-14H2,(H2,24,28)/t18-,22+/m1/s1. The highest BCUT2D eigenvalue weighted by Crippen LogP contribution is 2.39. The van der Waals surface area contributed by atoms with Crippen LogP contribution in [-0.4, -0.2) is 40.7 Å². The van der Waals surface area contributed by atoms with Crippen LogP contribution in [0.3, 0.4) is 0 Å². The maximum Gasteiger partial charge on any atom is 0.237 e. The van der Waals surface area contributed by atoms with Gasteiger partial charge in [0.2, 0.25) is 11.8 Å². The van der Waals surface area contributed by atoms with E-state index in [-0.39, 0.29) is 24.4 Å². The molecule has 0 fully saturated rings. The SMILES string of the molecule is NC(=O)[C@H]1Cc2ccccc2CN1CC(=O)N1CCc2sccc2[C@H]1c1cccs1. The average molecular weight is 438 g/mol. The Morgan fingerprint density at radius 2 is 1.87 bits per heavy atom. The second-order valence-corrected chi connectivity index (χ2v) is 9.83. The number of thiophene rings is 2. The van der Waals surface area contributed by atoms with E-state index in [9.17, 15) is 9.59 Å². The summed E-state index contributed by atoms with van der Waals surface area (Å²) in [6.07, 6.45) is 1.44. The van der Waals surface area contributed by atoms with Crippen molar-refractivity contribution in [1.29, 1.82) is 0 Å². The van der Waals surface area contributed by atoms with E-state index in [0.29, 0.717) is 19.5 Å². The van der Waals surface area contributed by atoms with E-state index >= 15 is 0 Å². The molecule has 5 nitrogen and oxygen atoms in total. The number of nitrogens with two attached hydrogens (primary N) is 1. The van der Waals surface area contributed by atoms with Crippen molar-refractivity contribution in [3.63, 3.8) is 0 Å². The van der Waals surface area contributed by atoms with Crippen LogP contribution in [0, 0.1) is 0 Å². The number of amides is 2. The third kappa shape index (κ3) is 3.47. The van der Waals surface area contributed by atoms with Crippen LogP contribution in [0.15, 0.2) is 53.2 Å². The molecule has 7 heteroatoms. The summed E-state index contributed by atoms with van der Waals surface area (Å²) in [7, 11) is 0. The van der Waals surface area contributed by atoms with Gasteiger partial charge in [-0.2, -0.15) is 0 Å². The lowest BCUT2D eigenvalue weighted by atomic mass is 9.93. The van der Waals surface area contributed by atoms with Crippen LogP contribution in [0.4, 0.5) is 0 Å². The molecule has 2 atom stereocenters. The van der Waals surface area contributed by atoms with E-state index in [1.165, 1.54) is 15.3 Å².